The van der Waals surface area contributed by atoms with Gasteiger partial charge in [0, 0.05) is 56.7 Å². The molecule has 2 aliphatic rings. The summed E-state index contributed by atoms with van der Waals surface area (Å²) in [5.74, 6) is 0.657. The minimum absolute atomic E-state index is 0.0347. The van der Waals surface area contributed by atoms with Gasteiger partial charge >= 0.3 is 6.09 Å². The van der Waals surface area contributed by atoms with Crippen LogP contribution in [-0.4, -0.2) is 58.3 Å². The molecule has 0 N–H and O–H groups in total. The van der Waals surface area contributed by atoms with E-state index in [-0.39, 0.29) is 29.2 Å². The van der Waals surface area contributed by atoms with E-state index in [9.17, 15) is 9.59 Å². The number of carbonyl (C=O) groups is 1. The molecule has 3 heterocycles. The Morgan fingerprint density at radius 3 is 2.73 bits per heavy atom. The fourth-order valence-corrected chi connectivity index (χ4v) is 5.15. The number of methoxy groups -OCH3 is 1. The molecule has 160 valence electrons. The first kappa shape index (κ1) is 20.4. The lowest BCUT2D eigenvalue weighted by Crippen LogP contribution is -2.50. The Morgan fingerprint density at radius 2 is 2.03 bits per heavy atom. The van der Waals surface area contributed by atoms with Crippen LogP contribution in [0.3, 0.4) is 0 Å². The van der Waals surface area contributed by atoms with Crippen LogP contribution >= 0.6 is 0 Å². The number of rotatable bonds is 3. The van der Waals surface area contributed by atoms with E-state index in [0.717, 1.165) is 37.8 Å². The predicted molar refractivity (Wildman–Crippen MR) is 114 cm³/mol. The third-order valence-corrected chi connectivity index (χ3v) is 6.94. The molecule has 4 rings (SSSR count). The van der Waals surface area contributed by atoms with Gasteiger partial charge in [-0.2, -0.15) is 0 Å². The summed E-state index contributed by atoms with van der Waals surface area (Å²) in [7, 11) is 5.22. The number of anilines is 1. The van der Waals surface area contributed by atoms with Gasteiger partial charge in [0.15, 0.2) is 0 Å². The average Bonchev–Trinajstić information content (AvgIpc) is 3.11. The first-order valence-corrected chi connectivity index (χ1v) is 10.4. The maximum absolute atomic E-state index is 12.6. The first-order chi connectivity index (χ1) is 14.3. The van der Waals surface area contributed by atoms with Crippen molar-refractivity contribution < 1.29 is 9.53 Å². The van der Waals surface area contributed by atoms with Gasteiger partial charge in [-0.1, -0.05) is 6.92 Å². The molecule has 0 spiro atoms. The molecule has 30 heavy (non-hydrogen) atoms. The molecule has 1 unspecified atom stereocenters. The van der Waals surface area contributed by atoms with Gasteiger partial charge in [-0.15, -0.1) is 0 Å². The largest absolute Gasteiger partial charge is 0.453 e. The number of ether oxygens (including phenoxy) is 1. The molecule has 1 saturated carbocycles. The van der Waals surface area contributed by atoms with Gasteiger partial charge in [-0.3, -0.25) is 14.3 Å². The third-order valence-electron chi connectivity index (χ3n) is 6.94. The molecule has 1 amide bonds. The number of fused-ring (bicyclic) bond motifs is 1. The van der Waals surface area contributed by atoms with Crippen molar-refractivity contribution >= 4 is 12.0 Å². The van der Waals surface area contributed by atoms with Crippen molar-refractivity contribution in [2.45, 2.75) is 44.7 Å². The van der Waals surface area contributed by atoms with E-state index in [1.165, 1.54) is 7.11 Å². The molecule has 2 aromatic heterocycles. The summed E-state index contributed by atoms with van der Waals surface area (Å²) in [4.78, 5) is 37.7. The predicted octanol–water partition coefficient (Wildman–Crippen LogP) is 2.68. The highest BCUT2D eigenvalue weighted by Crippen LogP contribution is 2.48. The average molecular weight is 412 g/mol. The molecule has 2 fully saturated rings. The summed E-state index contributed by atoms with van der Waals surface area (Å²) in [6, 6.07) is 5.73. The normalized spacial score (nSPS) is 25.7. The Labute approximate surface area is 176 Å². The Balaban J connectivity index is 1.60. The summed E-state index contributed by atoms with van der Waals surface area (Å²) >= 11 is 0. The van der Waals surface area contributed by atoms with E-state index >= 15 is 0 Å². The van der Waals surface area contributed by atoms with Gasteiger partial charge in [0.05, 0.1) is 12.8 Å². The van der Waals surface area contributed by atoms with Crippen LogP contribution in [0, 0.1) is 5.41 Å². The lowest BCUT2D eigenvalue weighted by molar-refractivity contribution is 0.0786. The number of hydrogen-bond donors (Lipinski definition) is 0. The zero-order valence-corrected chi connectivity index (χ0v) is 18.0. The van der Waals surface area contributed by atoms with Gasteiger partial charge in [0.25, 0.3) is 5.56 Å². The number of aromatic nitrogens is 3. The number of nitrogens with zero attached hydrogens (tertiary/aromatic N) is 5. The van der Waals surface area contributed by atoms with Gasteiger partial charge in [0.1, 0.15) is 0 Å². The van der Waals surface area contributed by atoms with Gasteiger partial charge < -0.3 is 14.5 Å². The van der Waals surface area contributed by atoms with Crippen molar-refractivity contribution in [1.82, 2.24) is 19.4 Å². The molecule has 1 aliphatic heterocycles. The van der Waals surface area contributed by atoms with Crippen molar-refractivity contribution in [3.63, 3.8) is 0 Å². The molecule has 0 aromatic carbocycles. The maximum Gasteiger partial charge on any atom is 0.409 e. The smallest absolute Gasteiger partial charge is 0.409 e. The monoisotopic (exact) mass is 411 g/mol. The summed E-state index contributed by atoms with van der Waals surface area (Å²) in [5.41, 5.74) is 1.47. The Bertz CT molecular complexity index is 992. The fourth-order valence-electron chi connectivity index (χ4n) is 5.15. The molecule has 1 aliphatic carbocycles. The minimum atomic E-state index is -0.232. The van der Waals surface area contributed by atoms with E-state index in [1.54, 1.807) is 30.1 Å². The summed E-state index contributed by atoms with van der Waals surface area (Å²) < 4.78 is 6.59. The first-order valence-electron chi connectivity index (χ1n) is 10.4. The molecular weight excluding hydrogens is 382 g/mol. The molecule has 3 atom stereocenters. The minimum Gasteiger partial charge on any atom is -0.453 e. The highest BCUT2D eigenvalue weighted by Gasteiger charge is 2.50. The molecular formula is C22H29N5O3. The fraction of sp³-hybridized carbons (Fsp3) is 0.545. The second-order valence-corrected chi connectivity index (χ2v) is 8.70. The molecule has 0 bridgehead atoms. The zero-order chi connectivity index (χ0) is 21.5. The summed E-state index contributed by atoms with van der Waals surface area (Å²) in [5, 5.41) is 0. The van der Waals surface area contributed by atoms with E-state index < -0.39 is 0 Å². The van der Waals surface area contributed by atoms with E-state index in [0.29, 0.717) is 11.6 Å². The second-order valence-electron chi connectivity index (χ2n) is 8.70. The van der Waals surface area contributed by atoms with Crippen LogP contribution in [0.15, 0.2) is 35.4 Å². The van der Waals surface area contributed by atoms with E-state index in [4.69, 9.17) is 9.72 Å². The standard InChI is InChI=1S/C22H29N5O3/c1-22-9-12-27(21(29)30-4)18(22)6-5-16(14-22)25(2)20-24-17(13-19(28)26(20)3)15-7-10-23-11-8-15/h7-8,10-11,13,16,18H,5-6,9,12,14H2,1-4H3/t16-,18?,22-/m0/s1. The Hall–Kier alpha value is -2.90. The van der Waals surface area contributed by atoms with Crippen LogP contribution in [0.4, 0.5) is 10.7 Å². The number of amides is 1. The van der Waals surface area contributed by atoms with Gasteiger partial charge in [0.2, 0.25) is 5.95 Å². The third kappa shape index (κ3) is 3.44. The molecule has 8 nitrogen and oxygen atoms in total. The van der Waals surface area contributed by atoms with Crippen molar-refractivity contribution in [2.75, 3.05) is 25.6 Å². The molecule has 0 radical (unpaired) electrons. The lowest BCUT2D eigenvalue weighted by atomic mass is 9.70. The summed E-state index contributed by atoms with van der Waals surface area (Å²) in [6.45, 7) is 3.00. The van der Waals surface area contributed by atoms with Crippen LogP contribution in [-0.2, 0) is 11.8 Å². The van der Waals surface area contributed by atoms with Crippen LogP contribution in [0.2, 0.25) is 0 Å². The quantitative estimate of drug-likeness (QED) is 0.773. The van der Waals surface area contributed by atoms with Crippen LogP contribution in [0.1, 0.15) is 32.6 Å². The summed E-state index contributed by atoms with van der Waals surface area (Å²) in [6.07, 6.45) is 6.92. The Kier molecular flexibility index (Phi) is 5.26. The van der Waals surface area contributed by atoms with Crippen molar-refractivity contribution in [3.8, 4) is 11.3 Å². The number of hydrogen-bond acceptors (Lipinski definition) is 6. The Morgan fingerprint density at radius 1 is 1.30 bits per heavy atom. The van der Waals surface area contributed by atoms with Crippen LogP contribution in [0.5, 0.6) is 0 Å². The van der Waals surface area contributed by atoms with Crippen LogP contribution in [0.25, 0.3) is 11.3 Å². The van der Waals surface area contributed by atoms with Crippen molar-refractivity contribution in [1.29, 1.82) is 0 Å². The number of carbonyl (C=O) groups excluding carboxylic acids is 1. The number of pyridine rings is 1. The van der Waals surface area contributed by atoms with Gasteiger partial charge in [-0.25, -0.2) is 9.78 Å². The highest BCUT2D eigenvalue weighted by molar-refractivity contribution is 5.68. The van der Waals surface area contributed by atoms with E-state index in [1.807, 2.05) is 24.1 Å². The van der Waals surface area contributed by atoms with Gasteiger partial charge in [-0.05, 0) is 43.2 Å². The topological polar surface area (TPSA) is 80.6 Å². The highest BCUT2D eigenvalue weighted by atomic mass is 16.5. The van der Waals surface area contributed by atoms with Crippen molar-refractivity contribution in [3.05, 3.63) is 40.9 Å². The molecule has 2 aromatic rings. The number of likely N-dealkylation sites (tertiary alicyclic amines) is 1. The zero-order valence-electron chi connectivity index (χ0n) is 18.0. The van der Waals surface area contributed by atoms with Crippen molar-refractivity contribution in [2.24, 2.45) is 12.5 Å². The van der Waals surface area contributed by atoms with E-state index in [2.05, 4.69) is 16.8 Å². The second kappa shape index (κ2) is 7.74. The SMILES string of the molecule is COC(=O)N1CC[C@@]2(C)C[C@@H](N(C)c3nc(-c4ccncc4)cc(=O)n3C)CCC12. The lowest BCUT2D eigenvalue weighted by Gasteiger charge is -2.45. The molecule has 8 heteroatoms. The van der Waals surface area contributed by atoms with Crippen LogP contribution < -0.4 is 10.5 Å². The maximum atomic E-state index is 12.6. The molecule has 1 saturated heterocycles.